The number of nitro benzene ring substituents is 1. The molecule has 0 aromatic heterocycles. The molecule has 0 saturated heterocycles. The van der Waals surface area contributed by atoms with E-state index in [0.717, 1.165) is 6.07 Å². The van der Waals surface area contributed by atoms with Crippen LogP contribution < -0.4 is 10.1 Å². The molecule has 30 heavy (non-hydrogen) atoms. The van der Waals surface area contributed by atoms with Crippen molar-refractivity contribution in [1.29, 1.82) is 0 Å². The fourth-order valence-electron chi connectivity index (χ4n) is 2.63. The van der Waals surface area contributed by atoms with Crippen LogP contribution in [0.15, 0.2) is 76.5 Å². The van der Waals surface area contributed by atoms with Crippen LogP contribution in [0.5, 0.6) is 5.75 Å². The van der Waals surface area contributed by atoms with E-state index >= 15 is 0 Å². The maximum absolute atomic E-state index is 13.0. The molecule has 3 rings (SSSR count). The predicted octanol–water partition coefficient (Wildman–Crippen LogP) is 4.34. The van der Waals surface area contributed by atoms with Gasteiger partial charge in [-0.2, -0.15) is 0 Å². The van der Waals surface area contributed by atoms with Gasteiger partial charge in [0.1, 0.15) is 5.75 Å². The number of halogens is 1. The number of nitro groups is 1. The lowest BCUT2D eigenvalue weighted by Gasteiger charge is -2.11. The van der Waals surface area contributed by atoms with Crippen LogP contribution in [0.3, 0.4) is 0 Å². The monoisotopic (exact) mass is 446 g/mol. The number of nitrogens with zero attached hydrogens (tertiary/aromatic N) is 1. The zero-order chi connectivity index (χ0) is 21.9. The molecular formula is C20H15ClN2O6S. The van der Waals surface area contributed by atoms with Gasteiger partial charge in [0.15, 0.2) is 0 Å². The van der Waals surface area contributed by atoms with Crippen molar-refractivity contribution < 1.29 is 22.9 Å². The number of carbonyl (C=O) groups is 1. The molecule has 10 heteroatoms. The summed E-state index contributed by atoms with van der Waals surface area (Å²) in [6.07, 6.45) is 0. The van der Waals surface area contributed by atoms with Gasteiger partial charge >= 0.3 is 0 Å². The van der Waals surface area contributed by atoms with E-state index in [4.69, 9.17) is 16.3 Å². The lowest BCUT2D eigenvalue weighted by Crippen LogP contribution is -2.13. The van der Waals surface area contributed by atoms with E-state index in [0.29, 0.717) is 5.02 Å². The highest BCUT2D eigenvalue weighted by Crippen LogP contribution is 2.29. The number of ether oxygens (including phenoxy) is 1. The molecule has 0 unspecified atom stereocenters. The van der Waals surface area contributed by atoms with Crippen molar-refractivity contribution in [1.82, 2.24) is 0 Å². The second-order valence-corrected chi connectivity index (χ2v) is 8.50. The number of anilines is 1. The molecule has 1 amide bonds. The molecule has 0 radical (unpaired) electrons. The Hall–Kier alpha value is -3.43. The molecule has 0 aliphatic rings. The topological polar surface area (TPSA) is 116 Å². The Morgan fingerprint density at radius 2 is 1.73 bits per heavy atom. The molecule has 0 heterocycles. The van der Waals surface area contributed by atoms with Crippen molar-refractivity contribution in [2.24, 2.45) is 0 Å². The number of benzene rings is 3. The van der Waals surface area contributed by atoms with Gasteiger partial charge < -0.3 is 10.1 Å². The molecule has 8 nitrogen and oxygen atoms in total. The summed E-state index contributed by atoms with van der Waals surface area (Å²) in [6.45, 7) is 0. The molecule has 1 N–H and O–H groups in total. The Morgan fingerprint density at radius 3 is 2.37 bits per heavy atom. The van der Waals surface area contributed by atoms with E-state index < -0.39 is 20.7 Å². The average molecular weight is 447 g/mol. The van der Waals surface area contributed by atoms with Gasteiger partial charge in [0, 0.05) is 34.5 Å². The van der Waals surface area contributed by atoms with Crippen molar-refractivity contribution in [2.75, 3.05) is 12.4 Å². The van der Waals surface area contributed by atoms with E-state index in [1.54, 1.807) is 0 Å². The van der Waals surface area contributed by atoms with Crippen LogP contribution in [0.25, 0.3) is 0 Å². The molecule has 0 saturated carbocycles. The molecule has 0 aliphatic heterocycles. The van der Waals surface area contributed by atoms with Gasteiger partial charge in [-0.3, -0.25) is 14.9 Å². The number of amides is 1. The van der Waals surface area contributed by atoms with Crippen molar-refractivity contribution >= 4 is 38.7 Å². The Labute approximate surface area is 177 Å². The smallest absolute Gasteiger partial charge is 0.270 e. The predicted molar refractivity (Wildman–Crippen MR) is 111 cm³/mol. The molecule has 0 spiro atoms. The summed E-state index contributed by atoms with van der Waals surface area (Å²) < 4.78 is 31.1. The van der Waals surface area contributed by atoms with E-state index in [1.807, 2.05) is 0 Å². The number of methoxy groups -OCH3 is 1. The lowest BCUT2D eigenvalue weighted by molar-refractivity contribution is -0.384. The van der Waals surface area contributed by atoms with Gasteiger partial charge in [-0.05, 0) is 42.5 Å². The SMILES string of the molecule is COc1cc(NC(=O)c2cccc([N+](=O)[O-])c2)cc(S(=O)(=O)c2ccc(Cl)cc2)c1. The standard InChI is InChI=1S/C20H15ClN2O6S/c1-29-17-10-15(22-20(24)13-3-2-4-16(9-13)23(25)26)11-19(12-17)30(27,28)18-7-5-14(21)6-8-18/h2-12H,1H3,(H,22,24). The highest BCUT2D eigenvalue weighted by Gasteiger charge is 2.20. The van der Waals surface area contributed by atoms with E-state index in [9.17, 15) is 23.3 Å². The van der Waals surface area contributed by atoms with Crippen molar-refractivity contribution in [3.63, 3.8) is 0 Å². The fourth-order valence-corrected chi connectivity index (χ4v) is 4.08. The molecule has 0 atom stereocenters. The normalized spacial score (nSPS) is 11.0. The first-order valence-corrected chi connectivity index (χ1v) is 10.3. The Kier molecular flexibility index (Phi) is 6.04. The van der Waals surface area contributed by atoms with Crippen LogP contribution in [0, 0.1) is 10.1 Å². The zero-order valence-electron chi connectivity index (χ0n) is 15.5. The third-order valence-electron chi connectivity index (χ3n) is 4.13. The lowest BCUT2D eigenvalue weighted by atomic mass is 10.2. The Bertz CT molecular complexity index is 1230. The molecule has 3 aromatic carbocycles. The molecule has 0 bridgehead atoms. The van der Waals surface area contributed by atoms with Crippen LogP contribution >= 0.6 is 11.6 Å². The van der Waals surface area contributed by atoms with Crippen molar-refractivity contribution in [3.8, 4) is 5.75 Å². The number of sulfone groups is 1. The minimum absolute atomic E-state index is 0.0242. The van der Waals surface area contributed by atoms with Crippen LogP contribution in [-0.4, -0.2) is 26.4 Å². The summed E-state index contributed by atoms with van der Waals surface area (Å²) in [7, 11) is -2.55. The molecular weight excluding hydrogens is 432 g/mol. The second-order valence-electron chi connectivity index (χ2n) is 6.12. The van der Waals surface area contributed by atoms with Crippen LogP contribution in [0.2, 0.25) is 5.02 Å². The minimum atomic E-state index is -3.91. The van der Waals surface area contributed by atoms with E-state index in [1.165, 1.54) is 67.8 Å². The number of hydrogen-bond acceptors (Lipinski definition) is 6. The number of carbonyl (C=O) groups excluding carboxylic acids is 1. The van der Waals surface area contributed by atoms with Crippen molar-refractivity contribution in [3.05, 3.63) is 87.4 Å². The third-order valence-corrected chi connectivity index (χ3v) is 6.13. The first-order chi connectivity index (χ1) is 14.2. The van der Waals surface area contributed by atoms with Gasteiger partial charge in [-0.1, -0.05) is 17.7 Å². The fraction of sp³-hybridized carbons (Fsp3) is 0.0500. The maximum atomic E-state index is 13.0. The van der Waals surface area contributed by atoms with E-state index in [2.05, 4.69) is 5.32 Å². The number of rotatable bonds is 6. The zero-order valence-corrected chi connectivity index (χ0v) is 17.1. The van der Waals surface area contributed by atoms with Crippen LogP contribution in [0.1, 0.15) is 10.4 Å². The Morgan fingerprint density at radius 1 is 1.03 bits per heavy atom. The van der Waals surface area contributed by atoms with Gasteiger partial charge in [-0.15, -0.1) is 0 Å². The highest BCUT2D eigenvalue weighted by molar-refractivity contribution is 7.91. The Balaban J connectivity index is 1.97. The summed E-state index contributed by atoms with van der Waals surface area (Å²) in [5.74, 6) is -0.429. The van der Waals surface area contributed by atoms with Crippen LogP contribution in [0.4, 0.5) is 11.4 Å². The van der Waals surface area contributed by atoms with Gasteiger partial charge in [-0.25, -0.2) is 8.42 Å². The summed E-state index contributed by atoms with van der Waals surface area (Å²) in [6, 6.07) is 14.9. The van der Waals surface area contributed by atoms with Gasteiger partial charge in [0.05, 0.1) is 21.8 Å². The van der Waals surface area contributed by atoms with Gasteiger partial charge in [0.25, 0.3) is 11.6 Å². The van der Waals surface area contributed by atoms with Gasteiger partial charge in [0.2, 0.25) is 9.84 Å². The quantitative estimate of drug-likeness (QED) is 0.444. The second kappa shape index (κ2) is 8.52. The largest absolute Gasteiger partial charge is 0.497 e. The molecule has 0 fully saturated rings. The number of nitrogens with one attached hydrogen (secondary N) is 1. The first-order valence-electron chi connectivity index (χ1n) is 8.46. The summed E-state index contributed by atoms with van der Waals surface area (Å²) in [4.78, 5) is 22.7. The highest BCUT2D eigenvalue weighted by atomic mass is 35.5. The number of non-ortho nitro benzene ring substituents is 1. The average Bonchev–Trinajstić information content (AvgIpc) is 2.73. The summed E-state index contributed by atoms with van der Waals surface area (Å²) in [5, 5.41) is 13.8. The maximum Gasteiger partial charge on any atom is 0.270 e. The molecule has 3 aromatic rings. The third kappa shape index (κ3) is 4.58. The molecule has 154 valence electrons. The van der Waals surface area contributed by atoms with Crippen LogP contribution in [-0.2, 0) is 9.84 Å². The molecule has 0 aliphatic carbocycles. The first kappa shape index (κ1) is 21.3. The van der Waals surface area contributed by atoms with Crippen molar-refractivity contribution in [2.45, 2.75) is 9.79 Å². The number of hydrogen-bond donors (Lipinski definition) is 1. The summed E-state index contributed by atoms with van der Waals surface area (Å²) >= 11 is 5.82. The summed E-state index contributed by atoms with van der Waals surface area (Å²) in [5.41, 5.74) is -0.0354. The van der Waals surface area contributed by atoms with E-state index in [-0.39, 0.29) is 32.5 Å². The minimum Gasteiger partial charge on any atom is -0.497 e.